The Morgan fingerprint density at radius 2 is 2.25 bits per heavy atom. The predicted molar refractivity (Wildman–Crippen MR) is 48.3 cm³/mol. The van der Waals surface area contributed by atoms with Gasteiger partial charge in [0.15, 0.2) is 0 Å². The van der Waals surface area contributed by atoms with Crippen LogP contribution in [-0.4, -0.2) is 10.7 Å². The van der Waals surface area contributed by atoms with Crippen molar-refractivity contribution in [3.05, 3.63) is 12.2 Å². The molecule has 0 unspecified atom stereocenters. The van der Waals surface area contributed by atoms with Gasteiger partial charge < -0.3 is 5.11 Å². The molecule has 0 heterocycles. The van der Waals surface area contributed by atoms with Gasteiger partial charge in [0.2, 0.25) is 0 Å². The van der Waals surface area contributed by atoms with Gasteiger partial charge in [-0.3, -0.25) is 0 Å². The monoisotopic (exact) mass is 162 g/mol. The summed E-state index contributed by atoms with van der Waals surface area (Å²) >= 11 is 0. The molecule has 0 aromatic heterocycles. The second-order valence-electron chi connectivity index (χ2n) is 4.18. The average molecular weight is 162 g/mol. The third kappa shape index (κ3) is 0.990. The largest absolute Gasteiger partial charge is 0.378 e. The molecule has 2 bridgehead atoms. The second kappa shape index (κ2) is 2.37. The number of terminal acetylenes is 1. The van der Waals surface area contributed by atoms with E-state index >= 15 is 0 Å². The van der Waals surface area contributed by atoms with Gasteiger partial charge in [0.25, 0.3) is 0 Å². The lowest BCUT2D eigenvalue weighted by atomic mass is 9.80. The van der Waals surface area contributed by atoms with E-state index in [1.165, 1.54) is 6.42 Å². The summed E-state index contributed by atoms with van der Waals surface area (Å²) in [6.45, 7) is 1.76. The van der Waals surface area contributed by atoms with Gasteiger partial charge in [-0.15, -0.1) is 6.42 Å². The molecule has 64 valence electrons. The van der Waals surface area contributed by atoms with Gasteiger partial charge in [0.05, 0.1) is 0 Å². The summed E-state index contributed by atoms with van der Waals surface area (Å²) < 4.78 is 0. The third-order valence-corrected chi connectivity index (χ3v) is 3.29. The Labute approximate surface area is 73.5 Å². The highest BCUT2D eigenvalue weighted by atomic mass is 16.3. The van der Waals surface area contributed by atoms with Crippen LogP contribution in [-0.2, 0) is 0 Å². The van der Waals surface area contributed by atoms with Crippen LogP contribution in [0.25, 0.3) is 0 Å². The van der Waals surface area contributed by atoms with E-state index in [4.69, 9.17) is 6.42 Å². The number of rotatable bonds is 1. The topological polar surface area (TPSA) is 20.2 Å². The van der Waals surface area contributed by atoms with Gasteiger partial charge in [-0.05, 0) is 31.6 Å². The van der Waals surface area contributed by atoms with Crippen LogP contribution in [0.5, 0.6) is 0 Å². The zero-order valence-corrected chi connectivity index (χ0v) is 7.33. The number of aliphatic hydroxyl groups is 1. The molecule has 2 aliphatic rings. The molecule has 0 aliphatic heterocycles. The molecule has 1 saturated carbocycles. The molecule has 1 fully saturated rings. The van der Waals surface area contributed by atoms with Crippen LogP contribution in [0.15, 0.2) is 12.2 Å². The Morgan fingerprint density at radius 3 is 2.67 bits per heavy atom. The fraction of sp³-hybridized carbons (Fsp3) is 0.636. The molecule has 2 rings (SSSR count). The van der Waals surface area contributed by atoms with Gasteiger partial charge >= 0.3 is 0 Å². The van der Waals surface area contributed by atoms with Crippen molar-refractivity contribution in [1.82, 2.24) is 0 Å². The molecule has 2 aliphatic carbocycles. The van der Waals surface area contributed by atoms with Crippen molar-refractivity contribution >= 4 is 0 Å². The predicted octanol–water partition coefficient (Wildman–Crippen LogP) is 1.58. The van der Waals surface area contributed by atoms with Crippen molar-refractivity contribution in [3.63, 3.8) is 0 Å². The van der Waals surface area contributed by atoms with Crippen molar-refractivity contribution in [1.29, 1.82) is 0 Å². The van der Waals surface area contributed by atoms with E-state index in [1.807, 2.05) is 0 Å². The standard InChI is InChI=1S/C11H14O/c1-3-11(2,12)10-7-8-4-5-9(10)6-8/h1,4-5,8-10,12H,6-7H2,2H3/t8-,9-,10-,11-/m1/s1. The van der Waals surface area contributed by atoms with Crippen LogP contribution in [0.3, 0.4) is 0 Å². The first-order chi connectivity index (χ1) is 5.63. The van der Waals surface area contributed by atoms with E-state index in [1.54, 1.807) is 6.92 Å². The molecule has 0 amide bonds. The zero-order valence-electron chi connectivity index (χ0n) is 7.33. The Bertz CT molecular complexity index is 257. The maximum atomic E-state index is 9.88. The molecular formula is C11H14O. The highest BCUT2D eigenvalue weighted by Gasteiger charge is 2.44. The molecule has 4 atom stereocenters. The normalized spacial score (nSPS) is 42.6. The summed E-state index contributed by atoms with van der Waals surface area (Å²) in [5.74, 6) is 3.99. The van der Waals surface area contributed by atoms with Crippen LogP contribution in [0, 0.1) is 30.1 Å². The first kappa shape index (κ1) is 7.89. The number of hydrogen-bond donors (Lipinski definition) is 1. The summed E-state index contributed by atoms with van der Waals surface area (Å²) in [4.78, 5) is 0. The maximum absolute atomic E-state index is 9.88. The molecule has 1 nitrogen and oxygen atoms in total. The van der Waals surface area contributed by atoms with Crippen molar-refractivity contribution in [3.8, 4) is 12.3 Å². The van der Waals surface area contributed by atoms with E-state index in [2.05, 4.69) is 18.1 Å². The second-order valence-corrected chi connectivity index (χ2v) is 4.18. The minimum Gasteiger partial charge on any atom is -0.378 e. The Balaban J connectivity index is 2.19. The summed E-state index contributed by atoms with van der Waals surface area (Å²) in [5.41, 5.74) is -0.899. The summed E-state index contributed by atoms with van der Waals surface area (Å²) in [6.07, 6.45) is 12.0. The van der Waals surface area contributed by atoms with Crippen LogP contribution in [0.1, 0.15) is 19.8 Å². The molecule has 1 N–H and O–H groups in total. The van der Waals surface area contributed by atoms with Gasteiger partial charge in [-0.1, -0.05) is 18.1 Å². The van der Waals surface area contributed by atoms with Crippen molar-refractivity contribution in [2.24, 2.45) is 17.8 Å². The SMILES string of the molecule is C#C[C@@](C)(O)[C@@H]1C[C@@H]2C=C[C@@H]1C2. The molecule has 0 spiro atoms. The first-order valence-electron chi connectivity index (χ1n) is 4.52. The van der Waals surface area contributed by atoms with E-state index in [9.17, 15) is 5.11 Å². The van der Waals surface area contributed by atoms with Crippen molar-refractivity contribution in [2.75, 3.05) is 0 Å². The highest BCUT2D eigenvalue weighted by Crippen LogP contribution is 2.47. The lowest BCUT2D eigenvalue weighted by Crippen LogP contribution is -2.35. The first-order valence-corrected chi connectivity index (χ1v) is 4.52. The molecule has 0 radical (unpaired) electrons. The number of hydrogen-bond acceptors (Lipinski definition) is 1. The molecule has 0 aromatic carbocycles. The van der Waals surface area contributed by atoms with E-state index in [0.29, 0.717) is 11.8 Å². The lowest BCUT2D eigenvalue weighted by Gasteiger charge is -2.29. The Kier molecular flexibility index (Phi) is 1.56. The van der Waals surface area contributed by atoms with Gasteiger partial charge in [0.1, 0.15) is 5.60 Å². The van der Waals surface area contributed by atoms with Crippen LogP contribution < -0.4 is 0 Å². The molecule has 0 saturated heterocycles. The minimum atomic E-state index is -0.899. The van der Waals surface area contributed by atoms with Crippen molar-refractivity contribution in [2.45, 2.75) is 25.4 Å². The summed E-state index contributed by atoms with van der Waals surface area (Å²) in [5, 5.41) is 9.88. The Hall–Kier alpha value is -0.740. The quantitative estimate of drug-likeness (QED) is 0.458. The smallest absolute Gasteiger partial charge is 0.125 e. The van der Waals surface area contributed by atoms with Crippen LogP contribution in [0.4, 0.5) is 0 Å². The van der Waals surface area contributed by atoms with E-state index in [0.717, 1.165) is 6.42 Å². The van der Waals surface area contributed by atoms with Gasteiger partial charge in [-0.25, -0.2) is 0 Å². The molecule has 12 heavy (non-hydrogen) atoms. The van der Waals surface area contributed by atoms with Gasteiger partial charge in [-0.2, -0.15) is 0 Å². The number of allylic oxidation sites excluding steroid dienone is 2. The summed E-state index contributed by atoms with van der Waals surface area (Å²) in [7, 11) is 0. The fourth-order valence-electron chi connectivity index (χ4n) is 2.53. The van der Waals surface area contributed by atoms with Gasteiger partial charge in [0, 0.05) is 5.92 Å². The zero-order chi connectivity index (χ0) is 8.77. The van der Waals surface area contributed by atoms with Crippen molar-refractivity contribution < 1.29 is 5.11 Å². The van der Waals surface area contributed by atoms with E-state index < -0.39 is 5.60 Å². The third-order valence-electron chi connectivity index (χ3n) is 3.29. The maximum Gasteiger partial charge on any atom is 0.125 e. The molecule has 1 heteroatoms. The minimum absolute atomic E-state index is 0.289. The highest BCUT2D eigenvalue weighted by molar-refractivity contribution is 5.19. The average Bonchev–Trinajstić information content (AvgIpc) is 2.64. The molecule has 0 aromatic rings. The number of fused-ring (bicyclic) bond motifs is 2. The van der Waals surface area contributed by atoms with Crippen LogP contribution >= 0.6 is 0 Å². The fourth-order valence-corrected chi connectivity index (χ4v) is 2.53. The molecular weight excluding hydrogens is 148 g/mol. The lowest BCUT2D eigenvalue weighted by molar-refractivity contribution is 0.0434. The van der Waals surface area contributed by atoms with E-state index in [-0.39, 0.29) is 5.92 Å². The Morgan fingerprint density at radius 1 is 1.50 bits per heavy atom. The van der Waals surface area contributed by atoms with Crippen LogP contribution in [0.2, 0.25) is 0 Å². The summed E-state index contributed by atoms with van der Waals surface area (Å²) in [6, 6.07) is 0.